The minimum absolute atomic E-state index is 0.207. The second kappa shape index (κ2) is 4.60. The number of carbonyl (C=O) groups is 1. The van der Waals surface area contributed by atoms with Crippen LogP contribution in [0.2, 0.25) is 0 Å². The van der Waals surface area contributed by atoms with E-state index in [0.717, 1.165) is 12.1 Å². The monoisotopic (exact) mass is 246 g/mol. The maximum atomic E-state index is 12.0. The first-order valence-corrected chi connectivity index (χ1v) is 5.78. The van der Waals surface area contributed by atoms with Crippen LogP contribution in [0.1, 0.15) is 29.4 Å². The molecule has 0 spiro atoms. The van der Waals surface area contributed by atoms with Gasteiger partial charge in [-0.3, -0.25) is 4.79 Å². The van der Waals surface area contributed by atoms with Crippen LogP contribution in [0.15, 0.2) is 23.1 Å². The molecular weight excluding hydrogens is 232 g/mol. The Morgan fingerprint density at radius 3 is 2.78 bits per heavy atom. The van der Waals surface area contributed by atoms with E-state index in [4.69, 9.17) is 5.11 Å². The molecule has 0 saturated carbocycles. The van der Waals surface area contributed by atoms with Gasteiger partial charge in [-0.1, -0.05) is 6.92 Å². The summed E-state index contributed by atoms with van der Waals surface area (Å²) in [6.45, 7) is 4.46. The van der Waals surface area contributed by atoms with Crippen LogP contribution in [-0.2, 0) is 6.54 Å². The summed E-state index contributed by atoms with van der Waals surface area (Å²) >= 11 is 0. The van der Waals surface area contributed by atoms with E-state index in [0.29, 0.717) is 17.6 Å². The fraction of sp³-hybridized carbons (Fsp3) is 0.308. The molecular formula is C13H14N2O3. The van der Waals surface area contributed by atoms with Crippen LogP contribution in [0.3, 0.4) is 0 Å². The predicted molar refractivity (Wildman–Crippen MR) is 68.0 cm³/mol. The Morgan fingerprint density at radius 2 is 2.17 bits per heavy atom. The van der Waals surface area contributed by atoms with E-state index in [2.05, 4.69) is 4.98 Å². The summed E-state index contributed by atoms with van der Waals surface area (Å²) in [6.07, 6.45) is 2.22. The Kier molecular flexibility index (Phi) is 3.14. The molecule has 0 bridgehead atoms. The van der Waals surface area contributed by atoms with E-state index in [-0.39, 0.29) is 5.56 Å². The number of hydrogen-bond acceptors (Lipinski definition) is 3. The topological polar surface area (TPSA) is 72.2 Å². The van der Waals surface area contributed by atoms with E-state index in [1.165, 1.54) is 6.20 Å². The lowest BCUT2D eigenvalue weighted by atomic mass is 10.2. The second-order valence-corrected chi connectivity index (χ2v) is 4.19. The summed E-state index contributed by atoms with van der Waals surface area (Å²) in [6, 6.07) is 3.35. The summed E-state index contributed by atoms with van der Waals surface area (Å²) in [7, 11) is 0. The largest absolute Gasteiger partial charge is 0.477 e. The van der Waals surface area contributed by atoms with Gasteiger partial charge in [0.05, 0.1) is 5.39 Å². The number of aromatic carboxylic acids is 1. The van der Waals surface area contributed by atoms with Gasteiger partial charge in [-0.05, 0) is 25.5 Å². The van der Waals surface area contributed by atoms with Crippen molar-refractivity contribution in [3.05, 3.63) is 39.8 Å². The van der Waals surface area contributed by atoms with E-state index in [1.54, 1.807) is 16.7 Å². The Labute approximate surface area is 104 Å². The number of hydrogen-bond donors (Lipinski definition) is 1. The molecule has 0 aliphatic rings. The smallest absolute Gasteiger partial charge is 0.341 e. The van der Waals surface area contributed by atoms with Crippen molar-refractivity contribution in [3.63, 3.8) is 0 Å². The molecule has 2 heterocycles. The third-order valence-electron chi connectivity index (χ3n) is 2.76. The number of fused-ring (bicyclic) bond motifs is 1. The maximum absolute atomic E-state index is 12.0. The Morgan fingerprint density at radius 1 is 1.44 bits per heavy atom. The molecule has 0 aliphatic carbocycles. The Balaban J connectivity index is 2.87. The zero-order chi connectivity index (χ0) is 13.3. The molecule has 0 fully saturated rings. The van der Waals surface area contributed by atoms with Crippen molar-refractivity contribution in [2.75, 3.05) is 0 Å². The maximum Gasteiger partial charge on any atom is 0.341 e. The van der Waals surface area contributed by atoms with Crippen molar-refractivity contribution >= 4 is 17.0 Å². The molecule has 0 saturated heterocycles. The van der Waals surface area contributed by atoms with E-state index >= 15 is 0 Å². The molecule has 0 radical (unpaired) electrons. The van der Waals surface area contributed by atoms with E-state index < -0.39 is 11.4 Å². The lowest BCUT2D eigenvalue weighted by molar-refractivity contribution is 0.0695. The molecule has 94 valence electrons. The molecule has 5 nitrogen and oxygen atoms in total. The van der Waals surface area contributed by atoms with Crippen LogP contribution < -0.4 is 5.43 Å². The number of rotatable bonds is 3. The van der Waals surface area contributed by atoms with Gasteiger partial charge in [0.2, 0.25) is 5.43 Å². The minimum Gasteiger partial charge on any atom is -0.477 e. The number of aromatic nitrogens is 2. The van der Waals surface area contributed by atoms with Crippen LogP contribution in [0.5, 0.6) is 0 Å². The van der Waals surface area contributed by atoms with Gasteiger partial charge in [0.1, 0.15) is 11.2 Å². The molecule has 0 aliphatic heterocycles. The molecule has 2 aromatic heterocycles. The molecule has 1 N–H and O–H groups in total. The second-order valence-electron chi connectivity index (χ2n) is 4.19. The summed E-state index contributed by atoms with van der Waals surface area (Å²) in [5, 5.41) is 9.39. The number of pyridine rings is 2. The quantitative estimate of drug-likeness (QED) is 0.896. The van der Waals surface area contributed by atoms with Gasteiger partial charge in [0, 0.05) is 18.4 Å². The van der Waals surface area contributed by atoms with E-state index in [1.807, 2.05) is 13.8 Å². The Bertz CT molecular complexity index is 674. The molecule has 0 aromatic carbocycles. The lowest BCUT2D eigenvalue weighted by Crippen LogP contribution is -2.19. The first-order valence-electron chi connectivity index (χ1n) is 5.78. The van der Waals surface area contributed by atoms with Gasteiger partial charge in [-0.15, -0.1) is 0 Å². The SMILES string of the molecule is CCCn1cc(C(=O)O)c(=O)c2ccc(C)nc21. The summed E-state index contributed by atoms with van der Waals surface area (Å²) in [5.74, 6) is -1.20. The third kappa shape index (κ3) is 1.99. The van der Waals surface area contributed by atoms with Gasteiger partial charge in [0.25, 0.3) is 0 Å². The van der Waals surface area contributed by atoms with Gasteiger partial charge in [-0.25, -0.2) is 9.78 Å². The van der Waals surface area contributed by atoms with Gasteiger partial charge in [0.15, 0.2) is 0 Å². The van der Waals surface area contributed by atoms with Crippen LogP contribution in [0, 0.1) is 6.92 Å². The summed E-state index contributed by atoms with van der Waals surface area (Å²) in [4.78, 5) is 27.4. The molecule has 18 heavy (non-hydrogen) atoms. The zero-order valence-electron chi connectivity index (χ0n) is 10.3. The van der Waals surface area contributed by atoms with Crippen LogP contribution in [-0.4, -0.2) is 20.6 Å². The van der Waals surface area contributed by atoms with Crippen molar-refractivity contribution < 1.29 is 9.90 Å². The first-order chi connectivity index (χ1) is 8.54. The number of carboxylic acids is 1. The lowest BCUT2D eigenvalue weighted by Gasteiger charge is -2.10. The molecule has 0 atom stereocenters. The molecule has 0 amide bonds. The average molecular weight is 246 g/mol. The highest BCUT2D eigenvalue weighted by molar-refractivity contribution is 5.91. The van der Waals surface area contributed by atoms with Gasteiger partial charge < -0.3 is 9.67 Å². The van der Waals surface area contributed by atoms with Gasteiger partial charge in [-0.2, -0.15) is 0 Å². The zero-order valence-corrected chi connectivity index (χ0v) is 10.3. The number of carboxylic acid groups (broad SMARTS) is 1. The minimum atomic E-state index is -1.20. The fourth-order valence-electron chi connectivity index (χ4n) is 1.92. The number of nitrogens with zero attached hydrogens (tertiary/aromatic N) is 2. The fourth-order valence-corrected chi connectivity index (χ4v) is 1.92. The highest BCUT2D eigenvalue weighted by Crippen LogP contribution is 2.11. The predicted octanol–water partition coefficient (Wildman–Crippen LogP) is 1.81. The van der Waals surface area contributed by atoms with Crippen LogP contribution in [0.25, 0.3) is 11.0 Å². The highest BCUT2D eigenvalue weighted by Gasteiger charge is 2.14. The van der Waals surface area contributed by atoms with Crippen molar-refractivity contribution in [1.82, 2.24) is 9.55 Å². The summed E-state index contributed by atoms with van der Waals surface area (Å²) in [5.41, 5.74) is 0.667. The van der Waals surface area contributed by atoms with Gasteiger partial charge >= 0.3 is 5.97 Å². The van der Waals surface area contributed by atoms with Crippen molar-refractivity contribution in [3.8, 4) is 0 Å². The average Bonchev–Trinajstić information content (AvgIpc) is 2.32. The molecule has 0 unspecified atom stereocenters. The van der Waals surface area contributed by atoms with Crippen LogP contribution in [0.4, 0.5) is 0 Å². The molecule has 2 rings (SSSR count). The van der Waals surface area contributed by atoms with Crippen molar-refractivity contribution in [2.24, 2.45) is 0 Å². The molecule has 5 heteroatoms. The van der Waals surface area contributed by atoms with Crippen LogP contribution >= 0.6 is 0 Å². The standard InChI is InChI=1S/C13H14N2O3/c1-3-6-15-7-10(13(17)18)11(16)9-5-4-8(2)14-12(9)15/h4-5,7H,3,6H2,1-2H3,(H,17,18). The first kappa shape index (κ1) is 12.3. The summed E-state index contributed by atoms with van der Waals surface area (Å²) < 4.78 is 1.73. The van der Waals surface area contributed by atoms with E-state index in [9.17, 15) is 9.59 Å². The third-order valence-corrected chi connectivity index (χ3v) is 2.76. The van der Waals surface area contributed by atoms with Crippen molar-refractivity contribution in [2.45, 2.75) is 26.8 Å². The highest BCUT2D eigenvalue weighted by atomic mass is 16.4. The Hall–Kier alpha value is -2.17. The van der Waals surface area contributed by atoms with Crippen molar-refractivity contribution in [1.29, 1.82) is 0 Å². The number of aryl methyl sites for hydroxylation is 2. The molecule has 2 aromatic rings. The normalized spacial score (nSPS) is 10.8.